The van der Waals surface area contributed by atoms with E-state index in [0.717, 1.165) is 32.7 Å². The maximum absolute atomic E-state index is 11.9. The first-order valence-corrected chi connectivity index (χ1v) is 16.2. The summed E-state index contributed by atoms with van der Waals surface area (Å²) in [5.41, 5.74) is 6.47. The topological polar surface area (TPSA) is 52.6 Å². The highest BCUT2D eigenvalue weighted by atomic mass is 16.5. The molecular formula is C45H28O4. The molecule has 0 amide bonds. The van der Waals surface area contributed by atoms with Gasteiger partial charge in [-0.2, -0.15) is 0 Å². The van der Waals surface area contributed by atoms with Gasteiger partial charge < -0.3 is 9.47 Å². The number of fused-ring (bicyclic) bond motifs is 8. The van der Waals surface area contributed by atoms with Crippen LogP contribution in [0.2, 0.25) is 0 Å². The molecule has 9 rings (SSSR count). The van der Waals surface area contributed by atoms with Crippen LogP contribution < -0.4 is 9.47 Å². The summed E-state index contributed by atoms with van der Waals surface area (Å²) in [6.07, 6.45) is 1.17. The third-order valence-electron chi connectivity index (χ3n) is 9.95. The molecule has 232 valence electrons. The zero-order valence-corrected chi connectivity index (χ0v) is 26.4. The lowest BCUT2D eigenvalue weighted by Crippen LogP contribution is -2.28. The third-order valence-corrected chi connectivity index (χ3v) is 9.95. The molecule has 0 bridgehead atoms. The molecule has 0 saturated heterocycles. The van der Waals surface area contributed by atoms with E-state index in [1.54, 1.807) is 0 Å². The fourth-order valence-corrected chi connectivity index (χ4v) is 7.83. The predicted octanol–water partition coefficient (Wildman–Crippen LogP) is 10.3. The van der Waals surface area contributed by atoms with Crippen molar-refractivity contribution >= 4 is 55.5 Å². The van der Waals surface area contributed by atoms with Crippen LogP contribution >= 0.6 is 0 Å². The van der Waals surface area contributed by atoms with Gasteiger partial charge in [0.2, 0.25) is 0 Å². The van der Waals surface area contributed by atoms with Gasteiger partial charge in [0.15, 0.2) is 0 Å². The summed E-state index contributed by atoms with van der Waals surface area (Å²) in [5.74, 6) is 0.489. The Labute approximate surface area is 282 Å². The summed E-state index contributed by atoms with van der Waals surface area (Å²) in [6, 6.07) is 51.1. The van der Waals surface area contributed by atoms with Crippen LogP contribution in [0.5, 0.6) is 11.5 Å². The molecule has 4 heteroatoms. The van der Waals surface area contributed by atoms with Crippen LogP contribution in [0.15, 0.2) is 158 Å². The molecule has 49 heavy (non-hydrogen) atoms. The maximum Gasteiger partial charge on any atom is 0.335 e. The molecule has 0 spiro atoms. The van der Waals surface area contributed by atoms with Crippen LogP contribution in [0.3, 0.4) is 0 Å². The first kappa shape index (κ1) is 28.7. The average Bonchev–Trinajstić information content (AvgIpc) is 3.43. The molecule has 1 aliphatic rings. The van der Waals surface area contributed by atoms with Crippen molar-refractivity contribution in [2.24, 2.45) is 0 Å². The quantitative estimate of drug-likeness (QED) is 0.0792. The van der Waals surface area contributed by atoms with E-state index in [1.807, 2.05) is 36.4 Å². The van der Waals surface area contributed by atoms with Gasteiger partial charge in [0.25, 0.3) is 6.47 Å². The Balaban J connectivity index is 1.39. The Morgan fingerprint density at radius 1 is 0.551 bits per heavy atom. The largest absolute Gasteiger partial charge is 0.429 e. The second-order valence-electron chi connectivity index (χ2n) is 12.5. The zero-order valence-electron chi connectivity index (χ0n) is 26.4. The molecule has 1 atom stereocenters. The fourth-order valence-electron chi connectivity index (χ4n) is 7.83. The van der Waals surface area contributed by atoms with Crippen molar-refractivity contribution in [1.29, 1.82) is 0 Å². The van der Waals surface area contributed by atoms with Crippen molar-refractivity contribution in [1.82, 2.24) is 0 Å². The van der Waals surface area contributed by atoms with Crippen LogP contribution in [-0.4, -0.2) is 12.4 Å². The number of benzene rings is 8. The van der Waals surface area contributed by atoms with Crippen LogP contribution in [0.4, 0.5) is 0 Å². The number of ether oxygens (including phenoxy) is 2. The molecule has 0 radical (unpaired) electrons. The lowest BCUT2D eigenvalue weighted by atomic mass is 9.67. The van der Waals surface area contributed by atoms with Crippen LogP contribution in [0.25, 0.3) is 54.2 Å². The standard InChI is InChI=1S/C45H28O4/c1-2-43(47)49-38-19-14-32-22-36(17-12-34(32)24-38)45(35-16-11-33-23-37(48-27-46)18-13-31(33)21-35)41-20-15-28-7-5-6-10-39(28)44(41)40-25-29-8-3-4-9-30(29)26-42(40)45/h2-27H,1H2. The van der Waals surface area contributed by atoms with Gasteiger partial charge in [0, 0.05) is 6.08 Å². The first-order valence-electron chi connectivity index (χ1n) is 16.2. The maximum atomic E-state index is 11.9. The molecule has 0 aromatic heterocycles. The van der Waals surface area contributed by atoms with Gasteiger partial charge in [0.05, 0.1) is 5.41 Å². The molecule has 0 N–H and O–H groups in total. The molecule has 0 fully saturated rings. The smallest absolute Gasteiger partial charge is 0.335 e. The number of carbonyl (C=O) groups is 2. The average molecular weight is 633 g/mol. The zero-order chi connectivity index (χ0) is 33.1. The SMILES string of the molecule is C=CC(=O)Oc1ccc2cc(C3(c4ccc5cc(OC=O)ccc5c4)c4cc5ccccc5cc4-c4c3ccc3ccccc43)ccc2c1. The van der Waals surface area contributed by atoms with Gasteiger partial charge >= 0.3 is 5.97 Å². The molecule has 0 aliphatic heterocycles. The van der Waals surface area contributed by atoms with Crippen molar-refractivity contribution in [2.75, 3.05) is 0 Å². The Morgan fingerprint density at radius 2 is 1.10 bits per heavy atom. The van der Waals surface area contributed by atoms with E-state index in [-0.39, 0.29) is 0 Å². The van der Waals surface area contributed by atoms with E-state index in [0.29, 0.717) is 18.0 Å². The molecule has 8 aromatic carbocycles. The van der Waals surface area contributed by atoms with E-state index in [4.69, 9.17) is 9.47 Å². The normalized spacial score (nSPS) is 14.9. The Kier molecular flexibility index (Phi) is 6.46. The minimum atomic E-state index is -0.674. The van der Waals surface area contributed by atoms with E-state index in [9.17, 15) is 9.59 Å². The lowest BCUT2D eigenvalue weighted by Gasteiger charge is -2.34. The van der Waals surface area contributed by atoms with E-state index >= 15 is 0 Å². The minimum absolute atomic E-state index is 0.456. The first-order chi connectivity index (χ1) is 24.1. The van der Waals surface area contributed by atoms with Crippen molar-refractivity contribution in [3.05, 3.63) is 181 Å². The van der Waals surface area contributed by atoms with Crippen LogP contribution in [-0.2, 0) is 15.0 Å². The number of hydrogen-bond donors (Lipinski definition) is 0. The van der Waals surface area contributed by atoms with Crippen molar-refractivity contribution in [2.45, 2.75) is 5.41 Å². The summed E-state index contributed by atoms with van der Waals surface area (Å²) < 4.78 is 10.6. The molecule has 4 nitrogen and oxygen atoms in total. The van der Waals surface area contributed by atoms with Gasteiger partial charge in [-0.1, -0.05) is 104 Å². The summed E-state index contributed by atoms with van der Waals surface area (Å²) in [6.45, 7) is 3.98. The second kappa shape index (κ2) is 11.0. The third kappa shape index (κ3) is 4.38. The number of rotatable bonds is 6. The monoisotopic (exact) mass is 632 g/mol. The fraction of sp³-hybridized carbons (Fsp3) is 0.0222. The highest BCUT2D eigenvalue weighted by Crippen LogP contribution is 2.59. The molecule has 1 aliphatic carbocycles. The van der Waals surface area contributed by atoms with Crippen molar-refractivity contribution in [3.8, 4) is 22.6 Å². The van der Waals surface area contributed by atoms with Crippen molar-refractivity contribution < 1.29 is 19.1 Å². The molecule has 8 aromatic rings. The van der Waals surface area contributed by atoms with Crippen LogP contribution in [0.1, 0.15) is 22.3 Å². The van der Waals surface area contributed by atoms with Crippen molar-refractivity contribution in [3.63, 3.8) is 0 Å². The summed E-state index contributed by atoms with van der Waals surface area (Å²) in [7, 11) is 0. The molecule has 1 unspecified atom stereocenters. The van der Waals surface area contributed by atoms with Gasteiger partial charge in [-0.05, 0) is 125 Å². The lowest BCUT2D eigenvalue weighted by molar-refractivity contribution is -0.129. The summed E-state index contributed by atoms with van der Waals surface area (Å²) in [4.78, 5) is 23.0. The van der Waals surface area contributed by atoms with Gasteiger partial charge in [0.1, 0.15) is 11.5 Å². The Hall–Kier alpha value is -6.52. The predicted molar refractivity (Wildman–Crippen MR) is 196 cm³/mol. The number of carbonyl (C=O) groups excluding carboxylic acids is 2. The van der Waals surface area contributed by atoms with Crippen LogP contribution in [0, 0.1) is 0 Å². The second-order valence-corrected chi connectivity index (χ2v) is 12.5. The molecular weight excluding hydrogens is 604 g/mol. The minimum Gasteiger partial charge on any atom is -0.429 e. The van der Waals surface area contributed by atoms with E-state index in [1.165, 1.54) is 49.9 Å². The molecule has 0 heterocycles. The van der Waals surface area contributed by atoms with E-state index < -0.39 is 11.4 Å². The number of esters is 1. The Bertz CT molecular complexity index is 2690. The highest BCUT2D eigenvalue weighted by molar-refractivity contribution is 6.07. The summed E-state index contributed by atoms with van der Waals surface area (Å²) >= 11 is 0. The highest BCUT2D eigenvalue weighted by Gasteiger charge is 2.47. The van der Waals surface area contributed by atoms with Gasteiger partial charge in [-0.3, -0.25) is 4.79 Å². The summed E-state index contributed by atoms with van der Waals surface area (Å²) in [5, 5.41) is 8.79. The van der Waals surface area contributed by atoms with Gasteiger partial charge in [-0.25, -0.2) is 4.79 Å². The van der Waals surface area contributed by atoms with E-state index in [2.05, 4.69) is 116 Å². The molecule has 0 saturated carbocycles. The Morgan fingerprint density at radius 3 is 1.80 bits per heavy atom. The van der Waals surface area contributed by atoms with Gasteiger partial charge in [-0.15, -0.1) is 0 Å². The number of hydrogen-bond acceptors (Lipinski definition) is 4.